The normalized spacial score (nSPS) is 13.8. The van der Waals surface area contributed by atoms with Gasteiger partial charge in [-0.25, -0.2) is 9.97 Å². The third kappa shape index (κ3) is 5.68. The van der Waals surface area contributed by atoms with E-state index < -0.39 is 0 Å². The van der Waals surface area contributed by atoms with Crippen molar-refractivity contribution in [2.45, 2.75) is 26.2 Å². The van der Waals surface area contributed by atoms with E-state index in [9.17, 15) is 9.59 Å². The standard InChI is InChI=1S/C22H28N4O4/c1-3-30-18-9-7-17(8-10-18)19-11-12-23-22(24-19)26-15-13-25(14-16-26)20(27)5-4-6-21(28)29-2/h7-12H,3-6,13-16H2,1-2H3. The predicted molar refractivity (Wildman–Crippen MR) is 113 cm³/mol. The van der Waals surface area contributed by atoms with E-state index in [1.165, 1.54) is 7.11 Å². The molecule has 1 aromatic carbocycles. The zero-order valence-corrected chi connectivity index (χ0v) is 17.5. The van der Waals surface area contributed by atoms with Gasteiger partial charge in [0.25, 0.3) is 0 Å². The first-order valence-corrected chi connectivity index (χ1v) is 10.3. The van der Waals surface area contributed by atoms with Crippen molar-refractivity contribution < 1.29 is 19.1 Å². The summed E-state index contributed by atoms with van der Waals surface area (Å²) >= 11 is 0. The zero-order chi connectivity index (χ0) is 21.3. The number of carbonyl (C=O) groups excluding carboxylic acids is 2. The number of nitrogens with zero attached hydrogens (tertiary/aromatic N) is 4. The highest BCUT2D eigenvalue weighted by atomic mass is 16.5. The number of hydrogen-bond acceptors (Lipinski definition) is 7. The Hall–Kier alpha value is -3.16. The Kier molecular flexibility index (Phi) is 7.59. The van der Waals surface area contributed by atoms with Gasteiger partial charge in [-0.2, -0.15) is 0 Å². The second-order valence-corrected chi connectivity index (χ2v) is 7.00. The fourth-order valence-corrected chi connectivity index (χ4v) is 3.35. The zero-order valence-electron chi connectivity index (χ0n) is 17.5. The van der Waals surface area contributed by atoms with Crippen LogP contribution < -0.4 is 9.64 Å². The summed E-state index contributed by atoms with van der Waals surface area (Å²) < 4.78 is 10.1. The van der Waals surface area contributed by atoms with E-state index >= 15 is 0 Å². The quantitative estimate of drug-likeness (QED) is 0.616. The molecule has 160 valence electrons. The summed E-state index contributed by atoms with van der Waals surface area (Å²) in [6.07, 6.45) is 2.91. The molecule has 1 amide bonds. The fraction of sp³-hybridized carbons (Fsp3) is 0.455. The molecule has 3 rings (SSSR count). The molecule has 0 atom stereocenters. The highest BCUT2D eigenvalue weighted by Gasteiger charge is 2.22. The Labute approximate surface area is 176 Å². The first-order valence-electron chi connectivity index (χ1n) is 10.3. The lowest BCUT2D eigenvalue weighted by Crippen LogP contribution is -2.49. The molecule has 1 aliphatic heterocycles. The second-order valence-electron chi connectivity index (χ2n) is 7.00. The number of methoxy groups -OCH3 is 1. The van der Waals surface area contributed by atoms with Crippen molar-refractivity contribution in [1.82, 2.24) is 14.9 Å². The van der Waals surface area contributed by atoms with Crippen molar-refractivity contribution in [3.63, 3.8) is 0 Å². The van der Waals surface area contributed by atoms with Crippen LogP contribution in [0.1, 0.15) is 26.2 Å². The molecule has 2 aromatic rings. The van der Waals surface area contributed by atoms with Gasteiger partial charge < -0.3 is 19.3 Å². The molecule has 1 aliphatic rings. The smallest absolute Gasteiger partial charge is 0.305 e. The average Bonchev–Trinajstić information content (AvgIpc) is 2.80. The van der Waals surface area contributed by atoms with E-state index in [1.807, 2.05) is 42.2 Å². The van der Waals surface area contributed by atoms with Crippen LogP contribution in [0.3, 0.4) is 0 Å². The minimum Gasteiger partial charge on any atom is -0.494 e. The molecule has 8 nitrogen and oxygen atoms in total. The van der Waals surface area contributed by atoms with Gasteiger partial charge in [-0.3, -0.25) is 9.59 Å². The third-order valence-corrected chi connectivity index (χ3v) is 5.02. The molecule has 0 spiro atoms. The number of amides is 1. The van der Waals surface area contributed by atoms with Crippen molar-refractivity contribution in [3.8, 4) is 17.0 Å². The van der Waals surface area contributed by atoms with Crippen molar-refractivity contribution in [2.24, 2.45) is 0 Å². The molecule has 1 aromatic heterocycles. The first kappa shape index (κ1) is 21.5. The second kappa shape index (κ2) is 10.6. The summed E-state index contributed by atoms with van der Waals surface area (Å²) in [5, 5.41) is 0. The molecule has 8 heteroatoms. The number of anilines is 1. The van der Waals surface area contributed by atoms with Gasteiger partial charge in [-0.15, -0.1) is 0 Å². The van der Waals surface area contributed by atoms with Gasteiger partial charge in [0.2, 0.25) is 11.9 Å². The van der Waals surface area contributed by atoms with Crippen molar-refractivity contribution >= 4 is 17.8 Å². The summed E-state index contributed by atoms with van der Waals surface area (Å²) in [6, 6.07) is 9.74. The van der Waals surface area contributed by atoms with Gasteiger partial charge in [0.15, 0.2) is 0 Å². The van der Waals surface area contributed by atoms with Crippen LogP contribution in [0.2, 0.25) is 0 Å². The fourth-order valence-electron chi connectivity index (χ4n) is 3.35. The summed E-state index contributed by atoms with van der Waals surface area (Å²) in [4.78, 5) is 36.6. The van der Waals surface area contributed by atoms with E-state index in [0.29, 0.717) is 51.6 Å². The van der Waals surface area contributed by atoms with Crippen molar-refractivity contribution in [3.05, 3.63) is 36.5 Å². The Morgan fingerprint density at radius 1 is 1.03 bits per heavy atom. The molecular weight excluding hydrogens is 384 g/mol. The number of aromatic nitrogens is 2. The first-order chi connectivity index (χ1) is 14.6. The number of rotatable bonds is 8. The summed E-state index contributed by atoms with van der Waals surface area (Å²) in [5.41, 5.74) is 1.85. The molecule has 0 N–H and O–H groups in total. The summed E-state index contributed by atoms with van der Waals surface area (Å²) in [5.74, 6) is 1.29. The number of piperazine rings is 1. The van der Waals surface area contributed by atoms with Crippen LogP contribution in [0.5, 0.6) is 5.75 Å². The van der Waals surface area contributed by atoms with Crippen LogP contribution in [0, 0.1) is 0 Å². The lowest BCUT2D eigenvalue weighted by Gasteiger charge is -2.34. The van der Waals surface area contributed by atoms with Crippen molar-refractivity contribution in [2.75, 3.05) is 44.8 Å². The van der Waals surface area contributed by atoms with Crippen LogP contribution in [0.25, 0.3) is 11.3 Å². The average molecular weight is 412 g/mol. The maximum absolute atomic E-state index is 12.3. The van der Waals surface area contributed by atoms with E-state index in [0.717, 1.165) is 17.0 Å². The number of ether oxygens (including phenoxy) is 2. The maximum atomic E-state index is 12.3. The number of carbonyl (C=O) groups is 2. The SMILES string of the molecule is CCOc1ccc(-c2ccnc(N3CCN(C(=O)CCCC(=O)OC)CC3)n2)cc1. The van der Waals surface area contributed by atoms with Gasteiger partial charge in [-0.05, 0) is 43.7 Å². The molecule has 1 saturated heterocycles. The molecule has 0 saturated carbocycles. The largest absolute Gasteiger partial charge is 0.494 e. The Bertz CT molecular complexity index is 848. The van der Waals surface area contributed by atoms with Gasteiger partial charge >= 0.3 is 5.97 Å². The Balaban J connectivity index is 1.55. The topological polar surface area (TPSA) is 84.9 Å². The Morgan fingerprint density at radius 2 is 1.77 bits per heavy atom. The number of hydrogen-bond donors (Lipinski definition) is 0. The van der Waals surface area contributed by atoms with E-state index in [1.54, 1.807) is 6.20 Å². The minimum absolute atomic E-state index is 0.0719. The van der Waals surface area contributed by atoms with Gasteiger partial charge in [0.05, 0.1) is 19.4 Å². The van der Waals surface area contributed by atoms with Crippen molar-refractivity contribution in [1.29, 1.82) is 0 Å². The predicted octanol–water partition coefficient (Wildman–Crippen LogP) is 2.53. The van der Waals surface area contributed by atoms with E-state index in [4.69, 9.17) is 9.72 Å². The molecular formula is C22H28N4O4. The molecule has 0 radical (unpaired) electrons. The van der Waals surface area contributed by atoms with Crippen LogP contribution >= 0.6 is 0 Å². The highest BCUT2D eigenvalue weighted by Crippen LogP contribution is 2.22. The monoisotopic (exact) mass is 412 g/mol. The van der Waals surface area contributed by atoms with Gasteiger partial charge in [0.1, 0.15) is 5.75 Å². The van der Waals surface area contributed by atoms with E-state index in [-0.39, 0.29) is 18.3 Å². The summed E-state index contributed by atoms with van der Waals surface area (Å²) in [6.45, 7) is 5.18. The number of esters is 1. The van der Waals surface area contributed by atoms with Gasteiger partial charge in [-0.1, -0.05) is 0 Å². The molecule has 0 bridgehead atoms. The molecule has 0 aliphatic carbocycles. The Morgan fingerprint density at radius 3 is 2.43 bits per heavy atom. The molecule has 30 heavy (non-hydrogen) atoms. The van der Waals surface area contributed by atoms with Crippen LogP contribution in [-0.4, -0.2) is 66.6 Å². The highest BCUT2D eigenvalue weighted by molar-refractivity contribution is 5.77. The summed E-state index contributed by atoms with van der Waals surface area (Å²) in [7, 11) is 1.36. The molecule has 2 heterocycles. The third-order valence-electron chi connectivity index (χ3n) is 5.02. The van der Waals surface area contributed by atoms with E-state index in [2.05, 4.69) is 14.6 Å². The lowest BCUT2D eigenvalue weighted by atomic mass is 10.1. The van der Waals surface area contributed by atoms with Crippen LogP contribution in [0.4, 0.5) is 5.95 Å². The van der Waals surface area contributed by atoms with Crippen LogP contribution in [0.15, 0.2) is 36.5 Å². The molecule has 1 fully saturated rings. The van der Waals surface area contributed by atoms with Crippen LogP contribution in [-0.2, 0) is 14.3 Å². The lowest BCUT2D eigenvalue weighted by molar-refractivity contribution is -0.140. The maximum Gasteiger partial charge on any atom is 0.305 e. The minimum atomic E-state index is -0.280. The molecule has 0 unspecified atom stereocenters. The van der Waals surface area contributed by atoms with Gasteiger partial charge in [0, 0.05) is 50.8 Å². The number of benzene rings is 1.